The summed E-state index contributed by atoms with van der Waals surface area (Å²) in [5.74, 6) is 2.68. The minimum Gasteiger partial charge on any atom is -0.481 e. The Kier molecular flexibility index (Phi) is 6.61. The molecule has 1 heterocycles. The zero-order valence-electron chi connectivity index (χ0n) is 18.1. The van der Waals surface area contributed by atoms with Crippen LogP contribution in [0.15, 0.2) is 48.5 Å². The quantitative estimate of drug-likeness (QED) is 0.679. The molecular weight excluding hydrogens is 424 g/mol. The Morgan fingerprint density at radius 2 is 1.70 bits per heavy atom. The summed E-state index contributed by atoms with van der Waals surface area (Å²) in [6.07, 6.45) is -1.18. The number of aliphatic carboxylic acids is 1. The molecule has 2 atom stereocenters. The molecule has 2 unspecified atom stereocenters. The van der Waals surface area contributed by atoms with Crippen molar-refractivity contribution >= 4 is 18.0 Å². The number of ether oxygens (including phenoxy) is 2. The number of methoxy groups -OCH3 is 1. The predicted octanol–water partition coefficient (Wildman–Crippen LogP) is 2.09. The summed E-state index contributed by atoms with van der Waals surface area (Å²) in [7, 11) is 1.42. The fraction of sp³-hybridized carbons (Fsp3) is 0.320. The number of nitrogens with one attached hydrogen (secondary N) is 1. The van der Waals surface area contributed by atoms with Gasteiger partial charge in [0.25, 0.3) is 5.91 Å². The van der Waals surface area contributed by atoms with Crippen molar-refractivity contribution in [1.29, 1.82) is 0 Å². The molecule has 2 amide bonds. The van der Waals surface area contributed by atoms with Gasteiger partial charge in [0.1, 0.15) is 12.5 Å². The number of carboxylic acid groups (broad SMARTS) is 1. The highest BCUT2D eigenvalue weighted by Crippen LogP contribution is 2.44. The zero-order valence-corrected chi connectivity index (χ0v) is 18.1. The van der Waals surface area contributed by atoms with Crippen molar-refractivity contribution in [3.05, 3.63) is 59.7 Å². The third-order valence-corrected chi connectivity index (χ3v) is 6.03. The van der Waals surface area contributed by atoms with Gasteiger partial charge in [0.2, 0.25) is 0 Å². The number of rotatable bonds is 5. The second-order valence-electron chi connectivity index (χ2n) is 7.91. The standard InChI is InChI=1S/C25H24N2O6/c1-32-22-14-27(13-20(22)24(29)30)23(28)11-6-12-26-25(31)33-15-21-18-9-4-2-7-16(18)17-8-3-5-10-19(17)21/h2-5,7-10,20-22H,12-15H2,1H3,(H,26,31)(H,29,30). The van der Waals surface area contributed by atoms with Gasteiger partial charge in [0.15, 0.2) is 0 Å². The third-order valence-electron chi connectivity index (χ3n) is 6.03. The number of amides is 2. The second-order valence-corrected chi connectivity index (χ2v) is 7.91. The number of fused-ring (bicyclic) bond motifs is 3. The molecule has 0 saturated carbocycles. The Bertz CT molecular complexity index is 1090. The van der Waals surface area contributed by atoms with Gasteiger partial charge in [0, 0.05) is 26.1 Å². The van der Waals surface area contributed by atoms with Gasteiger partial charge in [-0.05, 0) is 28.2 Å². The first-order valence-corrected chi connectivity index (χ1v) is 10.6. The summed E-state index contributed by atoms with van der Waals surface area (Å²) in [6, 6.07) is 16.1. The van der Waals surface area contributed by atoms with E-state index in [0.717, 1.165) is 22.3 Å². The number of alkyl carbamates (subject to hydrolysis) is 1. The first-order valence-electron chi connectivity index (χ1n) is 10.6. The third kappa shape index (κ3) is 4.69. The highest BCUT2D eigenvalue weighted by atomic mass is 16.5. The van der Waals surface area contributed by atoms with Crippen molar-refractivity contribution in [2.75, 3.05) is 33.4 Å². The van der Waals surface area contributed by atoms with Crippen LogP contribution in [-0.2, 0) is 19.1 Å². The number of hydrogen-bond donors (Lipinski definition) is 2. The van der Waals surface area contributed by atoms with Crippen molar-refractivity contribution in [1.82, 2.24) is 10.2 Å². The monoisotopic (exact) mass is 448 g/mol. The maximum atomic E-state index is 12.2. The normalized spacial score (nSPS) is 18.6. The van der Waals surface area contributed by atoms with E-state index in [2.05, 4.69) is 29.3 Å². The van der Waals surface area contributed by atoms with E-state index in [1.165, 1.54) is 12.0 Å². The lowest BCUT2D eigenvalue weighted by Gasteiger charge is -2.14. The van der Waals surface area contributed by atoms with Crippen molar-refractivity contribution in [2.24, 2.45) is 5.92 Å². The van der Waals surface area contributed by atoms with E-state index < -0.39 is 30.0 Å². The van der Waals surface area contributed by atoms with Crippen molar-refractivity contribution < 1.29 is 29.0 Å². The summed E-state index contributed by atoms with van der Waals surface area (Å²) in [5, 5.41) is 11.7. The number of carbonyl (C=O) groups is 3. The van der Waals surface area contributed by atoms with Crippen LogP contribution in [0.3, 0.4) is 0 Å². The average Bonchev–Trinajstić information content (AvgIpc) is 3.40. The topological polar surface area (TPSA) is 105 Å². The Hall–Kier alpha value is -3.83. The summed E-state index contributed by atoms with van der Waals surface area (Å²) >= 11 is 0. The Balaban J connectivity index is 1.27. The van der Waals surface area contributed by atoms with Crippen molar-refractivity contribution in [3.63, 3.8) is 0 Å². The fourth-order valence-corrected chi connectivity index (χ4v) is 4.38. The highest BCUT2D eigenvalue weighted by Gasteiger charge is 2.39. The molecule has 2 N–H and O–H groups in total. The molecular formula is C25H24N2O6. The van der Waals surface area contributed by atoms with Crippen LogP contribution in [0.4, 0.5) is 4.79 Å². The molecule has 1 saturated heterocycles. The van der Waals surface area contributed by atoms with Gasteiger partial charge in [0.05, 0.1) is 12.6 Å². The van der Waals surface area contributed by atoms with Gasteiger partial charge in [-0.3, -0.25) is 9.59 Å². The fourth-order valence-electron chi connectivity index (χ4n) is 4.38. The van der Waals surface area contributed by atoms with E-state index in [9.17, 15) is 19.5 Å². The van der Waals surface area contributed by atoms with Crippen molar-refractivity contribution in [3.8, 4) is 23.0 Å². The molecule has 8 heteroatoms. The van der Waals surface area contributed by atoms with Crippen LogP contribution in [0.25, 0.3) is 11.1 Å². The minimum atomic E-state index is -1.01. The average molecular weight is 448 g/mol. The molecule has 1 aliphatic carbocycles. The number of likely N-dealkylation sites (tertiary alicyclic amines) is 1. The second kappa shape index (κ2) is 9.76. The lowest BCUT2D eigenvalue weighted by molar-refractivity contribution is -0.144. The van der Waals surface area contributed by atoms with Crippen LogP contribution in [0.1, 0.15) is 17.0 Å². The van der Waals surface area contributed by atoms with E-state index in [-0.39, 0.29) is 32.2 Å². The van der Waals surface area contributed by atoms with E-state index >= 15 is 0 Å². The van der Waals surface area contributed by atoms with Gasteiger partial charge in [-0.2, -0.15) is 0 Å². The van der Waals surface area contributed by atoms with Gasteiger partial charge in [-0.1, -0.05) is 54.5 Å². The van der Waals surface area contributed by atoms with E-state index in [0.29, 0.717) is 0 Å². The lowest BCUT2D eigenvalue weighted by Crippen LogP contribution is -2.29. The van der Waals surface area contributed by atoms with E-state index in [4.69, 9.17) is 9.47 Å². The Labute approximate surface area is 191 Å². The van der Waals surface area contributed by atoms with Gasteiger partial charge in [-0.25, -0.2) is 4.79 Å². The number of benzene rings is 2. The molecule has 2 aromatic rings. The molecule has 2 aliphatic rings. The molecule has 1 aliphatic heterocycles. The molecule has 4 rings (SSSR count). The zero-order chi connectivity index (χ0) is 23.4. The first-order chi connectivity index (χ1) is 16.0. The van der Waals surface area contributed by atoms with Crippen LogP contribution in [0, 0.1) is 17.8 Å². The first kappa shape index (κ1) is 22.4. The SMILES string of the molecule is COC1CN(C(=O)C#CCNC(=O)OCC2c3ccccc3-c3ccccc32)CC1C(=O)O. The summed E-state index contributed by atoms with van der Waals surface area (Å²) in [4.78, 5) is 37.0. The van der Waals surface area contributed by atoms with Gasteiger partial charge in [-0.15, -0.1) is 0 Å². The Morgan fingerprint density at radius 1 is 1.06 bits per heavy atom. The molecule has 0 spiro atoms. The molecule has 170 valence electrons. The van der Waals surface area contributed by atoms with Crippen LogP contribution < -0.4 is 5.32 Å². The smallest absolute Gasteiger partial charge is 0.407 e. The largest absolute Gasteiger partial charge is 0.481 e. The summed E-state index contributed by atoms with van der Waals surface area (Å²) in [5.41, 5.74) is 4.54. The predicted molar refractivity (Wildman–Crippen MR) is 119 cm³/mol. The minimum absolute atomic E-state index is 0.0399. The molecule has 33 heavy (non-hydrogen) atoms. The number of hydrogen-bond acceptors (Lipinski definition) is 5. The maximum absolute atomic E-state index is 12.2. The Morgan fingerprint density at radius 3 is 2.27 bits per heavy atom. The number of carbonyl (C=O) groups excluding carboxylic acids is 2. The van der Waals surface area contributed by atoms with Crippen LogP contribution in [-0.4, -0.2) is 67.4 Å². The lowest BCUT2D eigenvalue weighted by atomic mass is 9.98. The maximum Gasteiger partial charge on any atom is 0.407 e. The van der Waals surface area contributed by atoms with Gasteiger partial charge >= 0.3 is 12.1 Å². The van der Waals surface area contributed by atoms with Crippen LogP contribution >= 0.6 is 0 Å². The van der Waals surface area contributed by atoms with E-state index in [1.807, 2.05) is 36.4 Å². The molecule has 1 fully saturated rings. The van der Waals surface area contributed by atoms with Crippen LogP contribution in [0.5, 0.6) is 0 Å². The molecule has 0 bridgehead atoms. The number of nitrogens with zero attached hydrogens (tertiary/aromatic N) is 1. The number of carboxylic acids is 1. The van der Waals surface area contributed by atoms with Crippen LogP contribution in [0.2, 0.25) is 0 Å². The highest BCUT2D eigenvalue weighted by molar-refractivity contribution is 5.94. The molecule has 0 aromatic heterocycles. The van der Waals surface area contributed by atoms with E-state index in [1.54, 1.807) is 0 Å². The summed E-state index contributed by atoms with van der Waals surface area (Å²) < 4.78 is 10.6. The molecule has 2 aromatic carbocycles. The summed E-state index contributed by atoms with van der Waals surface area (Å²) in [6.45, 7) is 0.337. The molecule has 0 radical (unpaired) electrons. The molecule has 8 nitrogen and oxygen atoms in total. The van der Waals surface area contributed by atoms with Crippen molar-refractivity contribution in [2.45, 2.75) is 12.0 Å². The van der Waals surface area contributed by atoms with Gasteiger partial charge < -0.3 is 24.8 Å².